The summed E-state index contributed by atoms with van der Waals surface area (Å²) in [7, 11) is 3.64. The number of phenols is 2. The smallest absolute Gasteiger partial charge is 0.345 e. The zero-order chi connectivity index (χ0) is 19.4. The molecule has 0 spiro atoms. The van der Waals surface area contributed by atoms with Gasteiger partial charge >= 0.3 is 11.9 Å². The first-order valence-corrected chi connectivity index (χ1v) is 7.41. The lowest BCUT2D eigenvalue weighted by Crippen LogP contribution is -2.08. The molecule has 0 atom stereocenters. The molecule has 0 saturated heterocycles. The van der Waals surface area contributed by atoms with Crippen LogP contribution in [0.4, 0.5) is 0 Å². The Bertz CT molecular complexity index is 857. The molecule has 2 aromatic carbocycles. The monoisotopic (exact) mass is 362 g/mol. The van der Waals surface area contributed by atoms with Crippen LogP contribution in [0, 0.1) is 6.92 Å². The summed E-state index contributed by atoms with van der Waals surface area (Å²) in [6.45, 7) is 1.68. The van der Waals surface area contributed by atoms with Gasteiger partial charge in [-0.3, -0.25) is 0 Å². The number of benzene rings is 2. The van der Waals surface area contributed by atoms with Gasteiger partial charge in [-0.05, 0) is 30.7 Å². The Balaban J connectivity index is 2.69. The number of ether oxygens (including phenoxy) is 4. The summed E-state index contributed by atoms with van der Waals surface area (Å²) in [6.07, 6.45) is 0. The molecule has 2 aromatic rings. The molecule has 0 fully saturated rings. The van der Waals surface area contributed by atoms with Crippen molar-refractivity contribution >= 4 is 11.9 Å². The minimum absolute atomic E-state index is 0.0298. The van der Waals surface area contributed by atoms with Gasteiger partial charge in [0.15, 0.2) is 11.5 Å². The van der Waals surface area contributed by atoms with Crippen LogP contribution >= 0.6 is 0 Å². The fraction of sp³-hybridized carbons (Fsp3) is 0.222. The molecular weight excluding hydrogens is 344 g/mol. The third-order valence-electron chi connectivity index (χ3n) is 3.49. The summed E-state index contributed by atoms with van der Waals surface area (Å²) in [6, 6.07) is 5.22. The second-order valence-corrected chi connectivity index (χ2v) is 5.27. The first-order chi connectivity index (χ1) is 12.3. The Labute approximate surface area is 149 Å². The van der Waals surface area contributed by atoms with Crippen LogP contribution in [0.1, 0.15) is 26.3 Å². The fourth-order valence-corrected chi connectivity index (χ4v) is 2.34. The number of methoxy groups -OCH3 is 3. The maximum Gasteiger partial charge on any atom is 0.345 e. The van der Waals surface area contributed by atoms with Gasteiger partial charge in [-0.2, -0.15) is 0 Å². The summed E-state index contributed by atoms with van der Waals surface area (Å²) in [5.74, 6) is -2.31. The highest BCUT2D eigenvalue weighted by atomic mass is 16.5. The lowest BCUT2D eigenvalue weighted by Gasteiger charge is -2.17. The molecule has 0 aliphatic rings. The van der Waals surface area contributed by atoms with Gasteiger partial charge in [-0.25, -0.2) is 9.59 Å². The van der Waals surface area contributed by atoms with Gasteiger partial charge in [0.05, 0.1) is 21.3 Å². The van der Waals surface area contributed by atoms with Crippen LogP contribution in [0.3, 0.4) is 0 Å². The van der Waals surface area contributed by atoms with Crippen LogP contribution < -0.4 is 9.47 Å². The predicted octanol–water partition coefficient (Wildman–Crippen LogP) is 2.78. The van der Waals surface area contributed by atoms with E-state index in [4.69, 9.17) is 9.47 Å². The molecular formula is C18H18O8. The van der Waals surface area contributed by atoms with E-state index in [1.54, 1.807) is 6.92 Å². The number of esters is 2. The Hall–Kier alpha value is -3.42. The quantitative estimate of drug-likeness (QED) is 0.781. The molecule has 0 saturated carbocycles. The van der Waals surface area contributed by atoms with E-state index in [0.29, 0.717) is 5.56 Å². The summed E-state index contributed by atoms with van der Waals surface area (Å²) >= 11 is 0. The van der Waals surface area contributed by atoms with Gasteiger partial charge in [-0.15, -0.1) is 0 Å². The number of aryl methyl sites for hydroxylation is 1. The average Bonchev–Trinajstić information content (AvgIpc) is 2.60. The lowest BCUT2D eigenvalue weighted by molar-refractivity contribution is 0.0591. The number of aromatic hydroxyl groups is 2. The second-order valence-electron chi connectivity index (χ2n) is 5.27. The first kappa shape index (κ1) is 18.9. The zero-order valence-electron chi connectivity index (χ0n) is 14.7. The summed E-state index contributed by atoms with van der Waals surface area (Å²) in [4.78, 5) is 24.1. The van der Waals surface area contributed by atoms with Crippen molar-refractivity contribution in [1.29, 1.82) is 0 Å². The number of hydrogen-bond acceptors (Lipinski definition) is 8. The lowest BCUT2D eigenvalue weighted by atomic mass is 10.1. The molecule has 0 amide bonds. The molecule has 8 nitrogen and oxygen atoms in total. The molecule has 0 unspecified atom stereocenters. The third-order valence-corrected chi connectivity index (χ3v) is 3.49. The zero-order valence-corrected chi connectivity index (χ0v) is 14.7. The summed E-state index contributed by atoms with van der Waals surface area (Å²) < 4.78 is 20.2. The third kappa shape index (κ3) is 3.64. The highest BCUT2D eigenvalue weighted by Gasteiger charge is 2.25. The topological polar surface area (TPSA) is 112 Å². The maximum atomic E-state index is 12.0. The van der Waals surface area contributed by atoms with E-state index in [1.807, 2.05) is 0 Å². The van der Waals surface area contributed by atoms with Gasteiger partial charge in [0.1, 0.15) is 28.4 Å². The molecule has 138 valence electrons. The number of carbonyl (C=O) groups excluding carboxylic acids is 2. The van der Waals surface area contributed by atoms with Gasteiger partial charge in [0.2, 0.25) is 0 Å². The largest absolute Gasteiger partial charge is 0.508 e. The van der Waals surface area contributed by atoms with Crippen LogP contribution in [0.15, 0.2) is 24.3 Å². The van der Waals surface area contributed by atoms with E-state index in [2.05, 4.69) is 9.47 Å². The average molecular weight is 362 g/mol. The molecule has 0 aliphatic carbocycles. The van der Waals surface area contributed by atoms with Crippen molar-refractivity contribution in [3.8, 4) is 28.7 Å². The van der Waals surface area contributed by atoms with Crippen molar-refractivity contribution < 1.29 is 38.7 Å². The van der Waals surface area contributed by atoms with Crippen molar-refractivity contribution in [2.75, 3.05) is 21.3 Å². The molecule has 0 aliphatic heterocycles. The van der Waals surface area contributed by atoms with Crippen LogP contribution in [0.2, 0.25) is 0 Å². The first-order valence-electron chi connectivity index (χ1n) is 7.41. The van der Waals surface area contributed by atoms with E-state index >= 15 is 0 Å². The van der Waals surface area contributed by atoms with E-state index < -0.39 is 11.9 Å². The van der Waals surface area contributed by atoms with Crippen molar-refractivity contribution in [3.05, 3.63) is 41.0 Å². The maximum absolute atomic E-state index is 12.0. The molecule has 8 heteroatoms. The van der Waals surface area contributed by atoms with E-state index in [-0.39, 0.29) is 39.9 Å². The SMILES string of the molecule is COC(=O)c1cc(O)cc(OC)c1Oc1cc(C)cc(O)c1C(=O)OC. The van der Waals surface area contributed by atoms with Crippen LogP contribution in [-0.4, -0.2) is 43.5 Å². The molecule has 26 heavy (non-hydrogen) atoms. The van der Waals surface area contributed by atoms with E-state index in [1.165, 1.54) is 32.4 Å². The minimum Gasteiger partial charge on any atom is -0.508 e. The molecule has 0 aromatic heterocycles. The van der Waals surface area contributed by atoms with Crippen molar-refractivity contribution in [2.45, 2.75) is 6.92 Å². The fourth-order valence-electron chi connectivity index (χ4n) is 2.34. The second kappa shape index (κ2) is 7.64. The van der Waals surface area contributed by atoms with Crippen LogP contribution in [-0.2, 0) is 9.47 Å². The molecule has 0 radical (unpaired) electrons. The number of carbonyl (C=O) groups is 2. The van der Waals surface area contributed by atoms with E-state index in [0.717, 1.165) is 13.2 Å². The number of rotatable bonds is 5. The highest BCUT2D eigenvalue weighted by molar-refractivity contribution is 5.97. The normalized spacial score (nSPS) is 10.2. The minimum atomic E-state index is -0.824. The van der Waals surface area contributed by atoms with Gasteiger partial charge in [0, 0.05) is 6.07 Å². The van der Waals surface area contributed by atoms with Crippen molar-refractivity contribution in [3.63, 3.8) is 0 Å². The summed E-state index contributed by atoms with van der Waals surface area (Å²) in [5.41, 5.74) is 0.257. The Kier molecular flexibility index (Phi) is 5.56. The number of phenolic OH excluding ortho intramolecular Hbond substituents is 2. The van der Waals surface area contributed by atoms with Crippen molar-refractivity contribution in [1.82, 2.24) is 0 Å². The Morgan fingerprint density at radius 3 is 2.12 bits per heavy atom. The van der Waals surface area contributed by atoms with Crippen molar-refractivity contribution in [2.24, 2.45) is 0 Å². The highest BCUT2D eigenvalue weighted by Crippen LogP contribution is 2.41. The Morgan fingerprint density at radius 1 is 0.885 bits per heavy atom. The van der Waals surface area contributed by atoms with E-state index in [9.17, 15) is 19.8 Å². The number of hydrogen-bond donors (Lipinski definition) is 2. The van der Waals surface area contributed by atoms with Gasteiger partial charge in [-0.1, -0.05) is 0 Å². The Morgan fingerprint density at radius 2 is 1.54 bits per heavy atom. The summed E-state index contributed by atoms with van der Waals surface area (Å²) in [5, 5.41) is 19.9. The predicted molar refractivity (Wildman–Crippen MR) is 90.3 cm³/mol. The van der Waals surface area contributed by atoms with Gasteiger partial charge in [0.25, 0.3) is 0 Å². The molecule has 2 rings (SSSR count). The molecule has 0 bridgehead atoms. The van der Waals surface area contributed by atoms with Crippen LogP contribution in [0.5, 0.6) is 28.7 Å². The molecule has 2 N–H and O–H groups in total. The standard InChI is InChI=1S/C18H18O8/c1-9-5-12(20)15(18(22)25-4)13(6-9)26-16-11(17(21)24-3)7-10(19)8-14(16)23-2/h5-8,19-20H,1-4H3. The van der Waals surface area contributed by atoms with Gasteiger partial charge < -0.3 is 29.2 Å². The van der Waals surface area contributed by atoms with Crippen LogP contribution in [0.25, 0.3) is 0 Å². The molecule has 0 heterocycles.